The van der Waals surface area contributed by atoms with Crippen LogP contribution in [0.25, 0.3) is 0 Å². The summed E-state index contributed by atoms with van der Waals surface area (Å²) in [6, 6.07) is 0. The van der Waals surface area contributed by atoms with Gasteiger partial charge < -0.3 is 23.8 Å². The first-order valence-electron chi connectivity index (χ1n) is 17.6. The van der Waals surface area contributed by atoms with Gasteiger partial charge in [0.1, 0.15) is 6.10 Å². The molecule has 10 aliphatic rings. The van der Waals surface area contributed by atoms with E-state index in [0.29, 0.717) is 24.2 Å². The van der Waals surface area contributed by atoms with Gasteiger partial charge in [0.2, 0.25) is 11.6 Å². The largest absolute Gasteiger partial charge is 0.383 e. The molecule has 10 nitrogen and oxygen atoms in total. The van der Waals surface area contributed by atoms with Crippen LogP contribution in [0, 0.1) is 59.7 Å². The van der Waals surface area contributed by atoms with Crippen molar-refractivity contribution in [2.45, 2.75) is 147 Å². The molecule has 8 saturated heterocycles. The lowest BCUT2D eigenvalue weighted by Crippen LogP contribution is -2.71. The van der Waals surface area contributed by atoms with Crippen LogP contribution in [0.1, 0.15) is 99.3 Å². The maximum Gasteiger partial charge on any atom is 0.201 e. The summed E-state index contributed by atoms with van der Waals surface area (Å²) < 4.78 is 27.3. The van der Waals surface area contributed by atoms with E-state index < -0.39 is 35.4 Å². The zero-order valence-electron chi connectivity index (χ0n) is 27.7. The maximum absolute atomic E-state index is 6.99. The highest BCUT2D eigenvalue weighted by Crippen LogP contribution is 2.63. The van der Waals surface area contributed by atoms with Crippen molar-refractivity contribution in [3.63, 3.8) is 0 Å². The summed E-state index contributed by atoms with van der Waals surface area (Å²) in [7, 11) is 0. The number of hydrogen-bond donors (Lipinski definition) is 0. The molecule has 250 valence electrons. The summed E-state index contributed by atoms with van der Waals surface area (Å²) in [6.07, 6.45) is 12.3. The van der Waals surface area contributed by atoms with Crippen LogP contribution in [-0.4, -0.2) is 59.9 Å². The fourth-order valence-electron chi connectivity index (χ4n) is 11.1. The van der Waals surface area contributed by atoms with Crippen molar-refractivity contribution >= 4 is 5.71 Å². The van der Waals surface area contributed by atoms with Gasteiger partial charge in [-0.15, -0.1) is 6.42 Å². The Hall–Kier alpha value is -1.29. The smallest absolute Gasteiger partial charge is 0.201 e. The lowest BCUT2D eigenvalue weighted by molar-refractivity contribution is -0.571. The monoisotopic (exact) mass is 629 g/mol. The molecule has 16 atom stereocenters. The number of rotatable bonds is 5. The average Bonchev–Trinajstić information content (AvgIpc) is 3.38. The molecule has 0 radical (unpaired) electrons. The molecule has 0 N–H and O–H groups in total. The fraction of sp³-hybridized carbons (Fsp3) is 0.914. The SMILES string of the molecule is C#CCO/N=C(/C[C@H]1O[C@@H]2O[C@]3(C)CC[C@H]4[C@H](C)CC[C@@H]([C@H]1C)[C@@]24OO3)[C@H]1O[C@@H]2O[C@]3(C)CC[C@H]4[C@H](C)CC[C@@H]([C@H]1C)[C@@]24OO3. The molecular weight excluding hydrogens is 578 g/mol. The summed E-state index contributed by atoms with van der Waals surface area (Å²) in [5, 5.41) is 4.69. The Morgan fingerprint density at radius 3 is 1.87 bits per heavy atom. The summed E-state index contributed by atoms with van der Waals surface area (Å²) >= 11 is 0. The minimum absolute atomic E-state index is 0.0741. The molecule has 2 spiro atoms. The standard InChI is InChI=1S/C35H51NO9/c1-8-17-37-36-27(29-22(5)26-12-10-20(3)24-14-16-33(7)41-31(39-29)35(24,26)45-43-33)18-28-21(4)25-11-9-19(2)23-13-15-32(6)40-30(38-28)34(23,25)44-42-32/h1,19-26,28-31H,9-18H2,2-7H3/b36-27-/t19-,20-,21-,22-,23+,24+,25+,26+,28-,29+,30-,31-,32+,33+,34-,35-/m1/s1. The van der Waals surface area contributed by atoms with Gasteiger partial charge in [0.25, 0.3) is 0 Å². The van der Waals surface area contributed by atoms with E-state index >= 15 is 0 Å². The molecule has 2 saturated carbocycles. The van der Waals surface area contributed by atoms with Gasteiger partial charge in [0.15, 0.2) is 30.4 Å². The molecule has 0 unspecified atom stereocenters. The Balaban J connectivity index is 1.11. The van der Waals surface area contributed by atoms with Gasteiger partial charge in [0, 0.05) is 31.1 Å². The third-order valence-electron chi connectivity index (χ3n) is 13.5. The van der Waals surface area contributed by atoms with Gasteiger partial charge >= 0.3 is 0 Å². The summed E-state index contributed by atoms with van der Waals surface area (Å²) in [5.41, 5.74) is -0.479. The minimum Gasteiger partial charge on any atom is -0.383 e. The summed E-state index contributed by atoms with van der Waals surface area (Å²) in [5.74, 6) is 3.10. The van der Waals surface area contributed by atoms with Crippen LogP contribution in [-0.2, 0) is 43.3 Å². The molecule has 8 heterocycles. The Kier molecular flexibility index (Phi) is 7.48. The van der Waals surface area contributed by atoms with E-state index in [0.717, 1.165) is 57.1 Å². The molecule has 0 amide bonds. The number of ether oxygens (including phenoxy) is 4. The first-order chi connectivity index (χ1) is 21.5. The van der Waals surface area contributed by atoms with Gasteiger partial charge in [-0.2, -0.15) is 0 Å². The molecule has 0 aromatic rings. The van der Waals surface area contributed by atoms with Gasteiger partial charge in [-0.05, 0) is 87.9 Å². The topological polar surface area (TPSA) is 95.4 Å². The predicted molar refractivity (Wildman–Crippen MR) is 160 cm³/mol. The van der Waals surface area contributed by atoms with Crippen molar-refractivity contribution in [1.82, 2.24) is 0 Å². The van der Waals surface area contributed by atoms with Crippen molar-refractivity contribution in [1.29, 1.82) is 0 Å². The lowest BCUT2D eigenvalue weighted by Gasteiger charge is -2.61. The molecule has 10 fully saturated rings. The zero-order chi connectivity index (χ0) is 31.4. The van der Waals surface area contributed by atoms with Crippen LogP contribution in [0.4, 0.5) is 0 Å². The average molecular weight is 630 g/mol. The lowest BCUT2D eigenvalue weighted by atomic mass is 9.56. The fourth-order valence-corrected chi connectivity index (χ4v) is 11.1. The molecule has 4 bridgehead atoms. The predicted octanol–water partition coefficient (Wildman–Crippen LogP) is 5.88. The highest BCUT2D eigenvalue weighted by molar-refractivity contribution is 5.89. The van der Waals surface area contributed by atoms with Crippen LogP contribution in [0.15, 0.2) is 5.16 Å². The molecule has 0 aromatic heterocycles. The normalized spacial score (nSPS) is 56.8. The van der Waals surface area contributed by atoms with E-state index in [1.54, 1.807) is 0 Å². The molecular formula is C35H51NO9. The number of hydrogen-bond acceptors (Lipinski definition) is 10. The van der Waals surface area contributed by atoms with Crippen molar-refractivity contribution in [3.05, 3.63) is 0 Å². The quantitative estimate of drug-likeness (QED) is 0.121. The molecule has 10 heteroatoms. The van der Waals surface area contributed by atoms with E-state index in [-0.39, 0.29) is 48.4 Å². The van der Waals surface area contributed by atoms with Gasteiger partial charge in [-0.25, -0.2) is 19.6 Å². The molecule has 8 aliphatic heterocycles. The second kappa shape index (κ2) is 10.9. The second-order valence-corrected chi connectivity index (χ2v) is 16.0. The van der Waals surface area contributed by atoms with E-state index in [1.165, 1.54) is 0 Å². The number of terminal acetylenes is 1. The molecule has 2 aliphatic carbocycles. The van der Waals surface area contributed by atoms with Crippen molar-refractivity contribution in [2.75, 3.05) is 6.61 Å². The zero-order valence-corrected chi connectivity index (χ0v) is 27.7. The summed E-state index contributed by atoms with van der Waals surface area (Å²) in [6.45, 7) is 13.2. The number of oxime groups is 1. The van der Waals surface area contributed by atoms with Crippen molar-refractivity contribution < 1.29 is 43.3 Å². The maximum atomic E-state index is 6.99. The first-order valence-corrected chi connectivity index (χ1v) is 17.6. The number of fused-ring (bicyclic) bond motifs is 4. The van der Waals surface area contributed by atoms with E-state index in [4.69, 9.17) is 54.9 Å². The van der Waals surface area contributed by atoms with Gasteiger partial charge in [-0.1, -0.05) is 38.8 Å². The van der Waals surface area contributed by atoms with Crippen LogP contribution >= 0.6 is 0 Å². The van der Waals surface area contributed by atoms with Crippen LogP contribution in [0.5, 0.6) is 0 Å². The Labute approximate surface area is 267 Å². The summed E-state index contributed by atoms with van der Waals surface area (Å²) in [4.78, 5) is 30.6. The van der Waals surface area contributed by atoms with Crippen LogP contribution < -0.4 is 0 Å². The van der Waals surface area contributed by atoms with E-state index in [9.17, 15) is 0 Å². The van der Waals surface area contributed by atoms with Gasteiger partial charge in [-0.3, -0.25) is 0 Å². The highest BCUT2D eigenvalue weighted by Gasteiger charge is 2.71. The van der Waals surface area contributed by atoms with Crippen LogP contribution in [0.3, 0.4) is 0 Å². The number of nitrogens with zero attached hydrogens (tertiary/aromatic N) is 1. The molecule has 0 aromatic carbocycles. The van der Waals surface area contributed by atoms with Crippen molar-refractivity contribution in [3.8, 4) is 12.3 Å². The third kappa shape index (κ3) is 4.48. The second-order valence-electron chi connectivity index (χ2n) is 16.0. The molecule has 10 rings (SSSR count). The first kappa shape index (κ1) is 31.0. The van der Waals surface area contributed by atoms with E-state index in [1.807, 2.05) is 13.8 Å². The van der Waals surface area contributed by atoms with Crippen LogP contribution in [0.2, 0.25) is 0 Å². The Bertz CT molecular complexity index is 1240. The van der Waals surface area contributed by atoms with Crippen molar-refractivity contribution in [2.24, 2.45) is 52.5 Å². The Morgan fingerprint density at radius 2 is 1.29 bits per heavy atom. The molecule has 45 heavy (non-hydrogen) atoms. The van der Waals surface area contributed by atoms with E-state index in [2.05, 4.69) is 33.6 Å². The third-order valence-corrected chi connectivity index (χ3v) is 13.5. The highest BCUT2D eigenvalue weighted by atomic mass is 17.3. The minimum atomic E-state index is -0.849. The Morgan fingerprint density at radius 1 is 0.733 bits per heavy atom. The van der Waals surface area contributed by atoms with Gasteiger partial charge in [0.05, 0.1) is 11.8 Å².